The Labute approximate surface area is 117 Å². The van der Waals surface area contributed by atoms with Gasteiger partial charge in [-0.05, 0) is 6.07 Å². The summed E-state index contributed by atoms with van der Waals surface area (Å²) in [6.07, 6.45) is -1.19. The topological polar surface area (TPSA) is 44.8 Å². The van der Waals surface area contributed by atoms with Crippen molar-refractivity contribution in [2.75, 3.05) is 11.4 Å². The number of H-pyrrole nitrogens is 1. The molecule has 0 radical (unpaired) electrons. The van der Waals surface area contributed by atoms with Gasteiger partial charge in [0.25, 0.3) is 0 Å². The van der Waals surface area contributed by atoms with Crippen LogP contribution >= 0.6 is 11.6 Å². The predicted molar refractivity (Wildman–Crippen MR) is 67.6 cm³/mol. The molecular weight excluding hydrogens is 293 g/mol. The van der Waals surface area contributed by atoms with Crippen LogP contribution < -0.4 is 4.90 Å². The van der Waals surface area contributed by atoms with Crippen LogP contribution in [0, 0.1) is 0 Å². The Morgan fingerprint density at radius 2 is 2.10 bits per heavy atom. The summed E-state index contributed by atoms with van der Waals surface area (Å²) in [7, 11) is 0. The number of anilines is 1. The van der Waals surface area contributed by atoms with Crippen LogP contribution in [0.4, 0.5) is 19.0 Å². The summed E-state index contributed by atoms with van der Waals surface area (Å²) in [5, 5.41) is 6.85. The highest BCUT2D eigenvalue weighted by Gasteiger charge is 2.32. The van der Waals surface area contributed by atoms with Gasteiger partial charge in [0.1, 0.15) is 5.82 Å². The number of pyridine rings is 1. The zero-order valence-electron chi connectivity index (χ0n) is 10.2. The zero-order chi connectivity index (χ0) is 14.3. The molecule has 1 aliphatic heterocycles. The van der Waals surface area contributed by atoms with Gasteiger partial charge in [-0.15, -0.1) is 0 Å². The van der Waals surface area contributed by atoms with Crippen molar-refractivity contribution in [3.8, 4) is 0 Å². The van der Waals surface area contributed by atoms with Crippen LogP contribution in [-0.2, 0) is 19.1 Å². The van der Waals surface area contributed by atoms with Crippen LogP contribution in [0.25, 0.3) is 0 Å². The van der Waals surface area contributed by atoms with Gasteiger partial charge in [-0.3, -0.25) is 5.10 Å². The number of aromatic amines is 1. The highest BCUT2D eigenvalue weighted by atomic mass is 35.5. The second-order valence-electron chi connectivity index (χ2n) is 4.57. The van der Waals surface area contributed by atoms with Crippen LogP contribution in [0.2, 0.25) is 5.02 Å². The van der Waals surface area contributed by atoms with Gasteiger partial charge in [0, 0.05) is 37.0 Å². The van der Waals surface area contributed by atoms with E-state index in [1.807, 2.05) is 4.90 Å². The van der Waals surface area contributed by atoms with E-state index in [4.69, 9.17) is 11.6 Å². The first kappa shape index (κ1) is 13.2. The monoisotopic (exact) mass is 302 g/mol. The SMILES string of the molecule is FC(F)(F)c1cnc(N2CCc3[nH]ncc3C2)c(Cl)c1. The first-order valence-electron chi connectivity index (χ1n) is 5.94. The van der Waals surface area contributed by atoms with Gasteiger partial charge in [0.15, 0.2) is 0 Å². The number of aromatic nitrogens is 3. The molecule has 2 aromatic rings. The Bertz CT molecular complexity index is 638. The summed E-state index contributed by atoms with van der Waals surface area (Å²) >= 11 is 5.94. The fraction of sp³-hybridized carbons (Fsp3) is 0.333. The molecule has 0 aliphatic carbocycles. The number of nitrogens with zero attached hydrogens (tertiary/aromatic N) is 3. The summed E-state index contributed by atoms with van der Waals surface area (Å²) in [6.45, 7) is 1.16. The van der Waals surface area contributed by atoms with Gasteiger partial charge in [-0.2, -0.15) is 18.3 Å². The Hall–Kier alpha value is -1.76. The molecule has 0 fully saturated rings. The molecule has 1 aliphatic rings. The Morgan fingerprint density at radius 1 is 1.30 bits per heavy atom. The molecule has 106 valence electrons. The average Bonchev–Trinajstić information content (AvgIpc) is 2.84. The Balaban J connectivity index is 1.89. The van der Waals surface area contributed by atoms with Crippen LogP contribution in [0.3, 0.4) is 0 Å². The summed E-state index contributed by atoms with van der Waals surface area (Å²) in [6, 6.07) is 0.911. The molecule has 0 saturated heterocycles. The third kappa shape index (κ3) is 2.33. The fourth-order valence-corrected chi connectivity index (χ4v) is 2.51. The molecular formula is C12H10ClF3N4. The van der Waals surface area contributed by atoms with Gasteiger partial charge in [0.2, 0.25) is 0 Å². The maximum atomic E-state index is 12.6. The van der Waals surface area contributed by atoms with E-state index in [1.165, 1.54) is 0 Å². The molecule has 0 amide bonds. The molecule has 2 aromatic heterocycles. The average molecular weight is 303 g/mol. The number of rotatable bonds is 1. The molecule has 3 heterocycles. The maximum absolute atomic E-state index is 12.6. The van der Waals surface area contributed by atoms with Crippen molar-refractivity contribution in [3.05, 3.63) is 40.3 Å². The lowest BCUT2D eigenvalue weighted by Gasteiger charge is -2.28. The van der Waals surface area contributed by atoms with Crippen molar-refractivity contribution in [3.63, 3.8) is 0 Å². The molecule has 0 unspecified atom stereocenters. The molecule has 8 heteroatoms. The number of fused-ring (bicyclic) bond motifs is 1. The number of hydrogen-bond donors (Lipinski definition) is 1. The summed E-state index contributed by atoms with van der Waals surface area (Å²) in [5.41, 5.74) is 1.21. The van der Waals surface area contributed by atoms with Gasteiger partial charge in [0.05, 0.1) is 16.8 Å². The Morgan fingerprint density at radius 3 is 2.80 bits per heavy atom. The van der Waals surface area contributed by atoms with Gasteiger partial charge < -0.3 is 4.90 Å². The molecule has 0 spiro atoms. The van der Waals surface area contributed by atoms with E-state index >= 15 is 0 Å². The number of halogens is 4. The van der Waals surface area contributed by atoms with E-state index in [1.54, 1.807) is 6.20 Å². The minimum Gasteiger partial charge on any atom is -0.351 e. The second-order valence-corrected chi connectivity index (χ2v) is 4.98. The van der Waals surface area contributed by atoms with Crippen LogP contribution in [0.1, 0.15) is 16.8 Å². The molecule has 0 aromatic carbocycles. The predicted octanol–water partition coefficient (Wildman–Crippen LogP) is 3.04. The van der Waals surface area contributed by atoms with E-state index in [0.717, 1.165) is 29.9 Å². The molecule has 4 nitrogen and oxygen atoms in total. The minimum absolute atomic E-state index is 0.00627. The largest absolute Gasteiger partial charge is 0.417 e. The maximum Gasteiger partial charge on any atom is 0.417 e. The highest BCUT2D eigenvalue weighted by molar-refractivity contribution is 6.33. The van der Waals surface area contributed by atoms with Gasteiger partial charge in [-0.1, -0.05) is 11.6 Å². The number of alkyl halides is 3. The van der Waals surface area contributed by atoms with Crippen LogP contribution in [-0.4, -0.2) is 21.7 Å². The van der Waals surface area contributed by atoms with Gasteiger partial charge in [-0.25, -0.2) is 4.98 Å². The normalized spacial score (nSPS) is 15.3. The van der Waals surface area contributed by atoms with Crippen molar-refractivity contribution in [1.29, 1.82) is 0 Å². The third-order valence-electron chi connectivity index (χ3n) is 3.25. The molecule has 0 saturated carbocycles. The third-order valence-corrected chi connectivity index (χ3v) is 3.53. The van der Waals surface area contributed by atoms with E-state index in [-0.39, 0.29) is 5.02 Å². The summed E-state index contributed by atoms with van der Waals surface area (Å²) in [5.74, 6) is 0.367. The van der Waals surface area contributed by atoms with Crippen molar-refractivity contribution in [2.24, 2.45) is 0 Å². The first-order valence-corrected chi connectivity index (χ1v) is 6.32. The van der Waals surface area contributed by atoms with Crippen LogP contribution in [0.15, 0.2) is 18.5 Å². The lowest BCUT2D eigenvalue weighted by molar-refractivity contribution is -0.137. The number of nitrogens with one attached hydrogen (secondary N) is 1. The molecule has 3 rings (SSSR count). The molecule has 20 heavy (non-hydrogen) atoms. The first-order chi connectivity index (χ1) is 9.45. The zero-order valence-corrected chi connectivity index (χ0v) is 11.0. The molecule has 1 N–H and O–H groups in total. The minimum atomic E-state index is -4.44. The van der Waals surface area contributed by atoms with Crippen molar-refractivity contribution < 1.29 is 13.2 Å². The van der Waals surface area contributed by atoms with Crippen molar-refractivity contribution >= 4 is 17.4 Å². The lowest BCUT2D eigenvalue weighted by atomic mass is 10.1. The van der Waals surface area contributed by atoms with Gasteiger partial charge >= 0.3 is 6.18 Å². The molecule has 0 bridgehead atoms. The van der Waals surface area contributed by atoms with Crippen molar-refractivity contribution in [2.45, 2.75) is 19.1 Å². The van der Waals surface area contributed by atoms with Crippen LogP contribution in [0.5, 0.6) is 0 Å². The standard InChI is InChI=1S/C12H10ClF3N4/c13-9-3-8(12(14,15)16)5-17-11(9)20-2-1-10-7(6-20)4-18-19-10/h3-5H,1-2,6H2,(H,18,19). The highest BCUT2D eigenvalue weighted by Crippen LogP contribution is 2.34. The Kier molecular flexibility index (Phi) is 3.08. The summed E-state index contributed by atoms with van der Waals surface area (Å²) in [4.78, 5) is 5.72. The lowest BCUT2D eigenvalue weighted by Crippen LogP contribution is -2.31. The van der Waals surface area contributed by atoms with E-state index in [2.05, 4.69) is 15.2 Å². The summed E-state index contributed by atoms with van der Waals surface area (Å²) < 4.78 is 37.7. The second kappa shape index (κ2) is 4.66. The van der Waals surface area contributed by atoms with Crippen molar-refractivity contribution in [1.82, 2.24) is 15.2 Å². The molecule has 0 atom stereocenters. The quantitative estimate of drug-likeness (QED) is 0.880. The number of hydrogen-bond acceptors (Lipinski definition) is 3. The van der Waals surface area contributed by atoms with E-state index < -0.39 is 11.7 Å². The fourth-order valence-electron chi connectivity index (χ4n) is 2.22. The smallest absolute Gasteiger partial charge is 0.351 e. The van der Waals surface area contributed by atoms with E-state index in [9.17, 15) is 13.2 Å². The van der Waals surface area contributed by atoms with E-state index in [0.29, 0.717) is 18.9 Å².